The van der Waals surface area contributed by atoms with Gasteiger partial charge in [0.15, 0.2) is 9.84 Å². The summed E-state index contributed by atoms with van der Waals surface area (Å²) in [4.78, 5) is 12.3. The average Bonchev–Trinajstić information content (AvgIpc) is 3.30. The number of hydrogen-bond donors (Lipinski definition) is 0. The molecule has 1 aromatic rings. The highest BCUT2D eigenvalue weighted by Gasteiger charge is 2.40. The van der Waals surface area contributed by atoms with Gasteiger partial charge in [-0.1, -0.05) is 12.5 Å². The van der Waals surface area contributed by atoms with Crippen LogP contribution in [-0.4, -0.2) is 19.4 Å². The Kier molecular flexibility index (Phi) is 3.80. The Morgan fingerprint density at radius 2 is 1.74 bits per heavy atom. The van der Waals surface area contributed by atoms with Gasteiger partial charge in [-0.25, -0.2) is 8.42 Å². The molecule has 0 heterocycles. The van der Waals surface area contributed by atoms with Crippen LogP contribution in [-0.2, 0) is 9.84 Å². The lowest BCUT2D eigenvalue weighted by Crippen LogP contribution is -2.20. The monoisotopic (exact) mass is 352 g/mol. The lowest BCUT2D eigenvalue weighted by atomic mass is 9.79. The molecule has 0 radical (unpaired) electrons. The molecule has 0 aromatic heterocycles. The number of rotatable bonds is 6. The van der Waals surface area contributed by atoms with Crippen molar-refractivity contribution in [1.29, 1.82) is 0 Å². The first-order valence-electron chi connectivity index (χ1n) is 8.57. The summed E-state index contributed by atoms with van der Waals surface area (Å²) in [5, 5.41) is -0.532. The van der Waals surface area contributed by atoms with E-state index in [1.807, 2.05) is 6.07 Å². The lowest BCUT2D eigenvalue weighted by Gasteiger charge is -2.29. The molecule has 0 amide bonds. The Bertz CT molecular complexity index is 757. The summed E-state index contributed by atoms with van der Waals surface area (Å²) in [6, 6.07) is 3.61. The van der Waals surface area contributed by atoms with Crippen molar-refractivity contribution in [2.75, 3.05) is 5.75 Å². The van der Waals surface area contributed by atoms with Gasteiger partial charge in [-0.3, -0.25) is 4.79 Å². The maximum atomic E-state index is 13.1. The Balaban J connectivity index is 1.90. The number of carbonyl (C=O) groups is 1. The van der Waals surface area contributed by atoms with Crippen molar-refractivity contribution in [1.82, 2.24) is 0 Å². The van der Waals surface area contributed by atoms with Crippen LogP contribution in [0.4, 0.5) is 0 Å². The largest absolute Gasteiger partial charge is 0.276 e. The average molecular weight is 353 g/mol. The number of halogens is 1. The van der Waals surface area contributed by atoms with Crippen molar-refractivity contribution in [3.05, 3.63) is 28.8 Å². The van der Waals surface area contributed by atoms with Gasteiger partial charge < -0.3 is 0 Å². The molecule has 0 N–H and O–H groups in total. The summed E-state index contributed by atoms with van der Waals surface area (Å²) in [5.41, 5.74) is 2.09. The van der Waals surface area contributed by atoms with E-state index >= 15 is 0 Å². The molecule has 5 heteroatoms. The summed E-state index contributed by atoms with van der Waals surface area (Å²) in [6.45, 7) is 0. The Labute approximate surface area is 142 Å². The molecule has 23 heavy (non-hydrogen) atoms. The molecule has 3 fully saturated rings. The van der Waals surface area contributed by atoms with Crippen LogP contribution in [0.5, 0.6) is 0 Å². The number of sulfone groups is 1. The van der Waals surface area contributed by atoms with E-state index in [-0.39, 0.29) is 11.7 Å². The maximum absolute atomic E-state index is 13.1. The van der Waals surface area contributed by atoms with Gasteiger partial charge >= 0.3 is 0 Å². The van der Waals surface area contributed by atoms with Crippen molar-refractivity contribution in [2.24, 2.45) is 5.92 Å². The molecule has 0 bridgehead atoms. The summed E-state index contributed by atoms with van der Waals surface area (Å²) in [6.07, 6.45) is 7.17. The van der Waals surface area contributed by atoms with Gasteiger partial charge in [0, 0.05) is 5.56 Å². The summed E-state index contributed by atoms with van der Waals surface area (Å²) < 4.78 is 26.2. The third-order valence-electron chi connectivity index (χ3n) is 5.43. The quantitative estimate of drug-likeness (QED) is 0.713. The fourth-order valence-electron chi connectivity index (χ4n) is 3.63. The van der Waals surface area contributed by atoms with Crippen LogP contribution < -0.4 is 0 Å². The molecule has 124 valence electrons. The fraction of sp³-hybridized carbons (Fsp3) is 0.611. The second kappa shape index (κ2) is 5.59. The zero-order valence-corrected chi connectivity index (χ0v) is 14.6. The van der Waals surface area contributed by atoms with E-state index < -0.39 is 15.1 Å². The van der Waals surface area contributed by atoms with Gasteiger partial charge in [-0.05, 0) is 85.1 Å². The first-order chi connectivity index (χ1) is 11.0. The molecule has 0 saturated heterocycles. The zero-order valence-electron chi connectivity index (χ0n) is 13.1. The summed E-state index contributed by atoms with van der Waals surface area (Å²) >= 11 is 5.77. The van der Waals surface area contributed by atoms with E-state index in [0.717, 1.165) is 56.1 Å². The van der Waals surface area contributed by atoms with Crippen molar-refractivity contribution < 1.29 is 13.2 Å². The Morgan fingerprint density at radius 1 is 1.04 bits per heavy atom. The van der Waals surface area contributed by atoms with Crippen LogP contribution in [0.1, 0.15) is 78.3 Å². The normalized spacial score (nSPS) is 22.0. The smallest absolute Gasteiger partial charge is 0.252 e. The maximum Gasteiger partial charge on any atom is 0.252 e. The molecule has 1 aromatic carbocycles. The van der Waals surface area contributed by atoms with Crippen molar-refractivity contribution in [2.45, 2.75) is 61.7 Å². The van der Waals surface area contributed by atoms with Gasteiger partial charge in [-0.15, -0.1) is 0 Å². The molecule has 3 nitrogen and oxygen atoms in total. The Morgan fingerprint density at radius 3 is 2.22 bits per heavy atom. The van der Waals surface area contributed by atoms with E-state index in [9.17, 15) is 13.2 Å². The van der Waals surface area contributed by atoms with Gasteiger partial charge in [0.1, 0.15) is 0 Å². The van der Waals surface area contributed by atoms with Crippen molar-refractivity contribution in [3.63, 3.8) is 0 Å². The third kappa shape index (κ3) is 2.96. The molecular formula is C18H21ClO3S. The van der Waals surface area contributed by atoms with Crippen LogP contribution in [0.2, 0.25) is 0 Å². The minimum atomic E-state index is -3.35. The van der Waals surface area contributed by atoms with Gasteiger partial charge in [-0.2, -0.15) is 0 Å². The van der Waals surface area contributed by atoms with E-state index in [0.29, 0.717) is 22.3 Å². The highest BCUT2D eigenvalue weighted by Crippen LogP contribution is 2.50. The zero-order chi connectivity index (χ0) is 16.2. The van der Waals surface area contributed by atoms with Crippen LogP contribution in [0, 0.1) is 5.92 Å². The Hall–Kier alpha value is -0.870. The molecule has 0 spiro atoms. The molecule has 4 rings (SSSR count). The third-order valence-corrected chi connectivity index (χ3v) is 7.62. The van der Waals surface area contributed by atoms with Crippen LogP contribution in [0.3, 0.4) is 0 Å². The second-order valence-corrected chi connectivity index (χ2v) is 9.66. The minimum Gasteiger partial charge on any atom is -0.276 e. The summed E-state index contributed by atoms with van der Waals surface area (Å²) in [7, 11) is -3.35. The predicted octanol–water partition coefficient (Wildman–Crippen LogP) is 4.39. The van der Waals surface area contributed by atoms with Crippen LogP contribution >= 0.6 is 11.6 Å². The highest BCUT2D eigenvalue weighted by atomic mass is 35.5. The van der Waals surface area contributed by atoms with Crippen LogP contribution in [0.25, 0.3) is 0 Å². The SMILES string of the molecule is O=C(Cl)c1ccc(C2CCC2)c(S(=O)(=O)CC2CC2)c1C1CC1. The molecule has 3 saturated carbocycles. The van der Waals surface area contributed by atoms with Crippen molar-refractivity contribution in [3.8, 4) is 0 Å². The minimum absolute atomic E-state index is 0.191. The number of benzene rings is 1. The highest BCUT2D eigenvalue weighted by molar-refractivity contribution is 7.91. The van der Waals surface area contributed by atoms with Crippen LogP contribution in [0.15, 0.2) is 17.0 Å². The number of hydrogen-bond acceptors (Lipinski definition) is 3. The molecular weight excluding hydrogens is 332 g/mol. The molecule has 0 unspecified atom stereocenters. The van der Waals surface area contributed by atoms with Gasteiger partial charge in [0.2, 0.25) is 0 Å². The fourth-order valence-corrected chi connectivity index (χ4v) is 6.12. The molecule has 0 atom stereocenters. The lowest BCUT2D eigenvalue weighted by molar-refractivity contribution is 0.108. The van der Waals surface area contributed by atoms with E-state index in [1.165, 1.54) is 0 Å². The first kappa shape index (κ1) is 15.6. The van der Waals surface area contributed by atoms with E-state index in [2.05, 4.69) is 0 Å². The summed E-state index contributed by atoms with van der Waals surface area (Å²) in [5.74, 6) is 1.05. The van der Waals surface area contributed by atoms with Gasteiger partial charge in [0.25, 0.3) is 5.24 Å². The van der Waals surface area contributed by atoms with E-state index in [1.54, 1.807) is 6.07 Å². The topological polar surface area (TPSA) is 51.2 Å². The van der Waals surface area contributed by atoms with Gasteiger partial charge in [0.05, 0.1) is 10.6 Å². The van der Waals surface area contributed by atoms with E-state index in [4.69, 9.17) is 11.6 Å². The molecule has 3 aliphatic carbocycles. The standard InChI is InChI=1S/C18H21ClO3S/c19-18(20)15-9-8-14(12-2-1-3-12)17(16(15)13-6-7-13)23(21,22)10-11-4-5-11/h8-9,11-13H,1-7,10H2. The second-order valence-electron chi connectivity index (χ2n) is 7.35. The first-order valence-corrected chi connectivity index (χ1v) is 10.6. The predicted molar refractivity (Wildman–Crippen MR) is 90.0 cm³/mol. The number of carbonyl (C=O) groups excluding carboxylic acids is 1. The molecule has 0 aliphatic heterocycles. The van der Waals surface area contributed by atoms with Crippen molar-refractivity contribution >= 4 is 26.7 Å². The molecule has 3 aliphatic rings.